The Balaban J connectivity index is 2.35. The maximum Gasteiger partial charge on any atom is 0.315 e. The van der Waals surface area contributed by atoms with Gasteiger partial charge in [0, 0.05) is 16.6 Å². The molecule has 0 fully saturated rings. The summed E-state index contributed by atoms with van der Waals surface area (Å²) in [5, 5.41) is 10.7. The zero-order valence-electron chi connectivity index (χ0n) is 10.7. The van der Waals surface area contributed by atoms with Gasteiger partial charge in [0.2, 0.25) is 0 Å². The van der Waals surface area contributed by atoms with E-state index in [1.54, 1.807) is 0 Å². The van der Waals surface area contributed by atoms with Crippen molar-refractivity contribution in [3.63, 3.8) is 0 Å². The van der Waals surface area contributed by atoms with Crippen molar-refractivity contribution < 1.29 is 9.90 Å². The molecule has 0 spiro atoms. The summed E-state index contributed by atoms with van der Waals surface area (Å²) in [7, 11) is 0. The molecule has 0 amide bonds. The second-order valence-electron chi connectivity index (χ2n) is 5.47. The number of aliphatic carboxylic acids is 1. The van der Waals surface area contributed by atoms with Gasteiger partial charge in [-0.25, -0.2) is 0 Å². The molecular formula is C15H17NO2. The number of para-hydroxylation sites is 1. The Morgan fingerprint density at radius 3 is 2.94 bits per heavy atom. The summed E-state index contributed by atoms with van der Waals surface area (Å²) in [5.74, 6) is -0.729. The standard InChI is InChI=1S/C15H17NO2/c1-9-5-3-6-10-11-7-4-8-15(2,14(17)18)13(11)16-12(9)10/h3,5-6,16H,4,7-8H2,1-2H3,(H,17,18). The van der Waals surface area contributed by atoms with Crippen molar-refractivity contribution in [2.45, 2.75) is 38.5 Å². The fraction of sp³-hybridized carbons (Fsp3) is 0.400. The largest absolute Gasteiger partial charge is 0.481 e. The molecule has 0 saturated carbocycles. The maximum atomic E-state index is 11.6. The molecule has 0 bridgehead atoms. The van der Waals surface area contributed by atoms with Crippen LogP contribution in [0.15, 0.2) is 18.2 Å². The molecule has 0 aliphatic heterocycles. The van der Waals surface area contributed by atoms with Gasteiger partial charge in [0.05, 0.1) is 0 Å². The Morgan fingerprint density at radius 2 is 2.22 bits per heavy atom. The van der Waals surface area contributed by atoms with Crippen molar-refractivity contribution >= 4 is 16.9 Å². The van der Waals surface area contributed by atoms with Gasteiger partial charge in [-0.2, -0.15) is 0 Å². The first-order chi connectivity index (χ1) is 8.54. The minimum absolute atomic E-state index is 0.710. The van der Waals surface area contributed by atoms with Crippen LogP contribution in [0.5, 0.6) is 0 Å². The fourth-order valence-electron chi connectivity index (χ4n) is 3.11. The van der Waals surface area contributed by atoms with Gasteiger partial charge in [0.25, 0.3) is 0 Å². The first kappa shape index (κ1) is 11.3. The monoisotopic (exact) mass is 243 g/mol. The molecular weight excluding hydrogens is 226 g/mol. The smallest absolute Gasteiger partial charge is 0.315 e. The highest BCUT2D eigenvalue weighted by molar-refractivity contribution is 5.91. The highest BCUT2D eigenvalue weighted by atomic mass is 16.4. The Labute approximate surface area is 106 Å². The fourth-order valence-corrected chi connectivity index (χ4v) is 3.11. The third kappa shape index (κ3) is 1.33. The average molecular weight is 243 g/mol. The van der Waals surface area contributed by atoms with E-state index in [4.69, 9.17) is 0 Å². The number of benzene rings is 1. The average Bonchev–Trinajstić information content (AvgIpc) is 2.71. The van der Waals surface area contributed by atoms with Gasteiger partial charge in [-0.3, -0.25) is 4.79 Å². The molecule has 1 unspecified atom stereocenters. The van der Waals surface area contributed by atoms with E-state index in [1.807, 2.05) is 13.0 Å². The van der Waals surface area contributed by atoms with Crippen molar-refractivity contribution in [3.05, 3.63) is 35.0 Å². The van der Waals surface area contributed by atoms with Crippen molar-refractivity contribution in [2.75, 3.05) is 0 Å². The van der Waals surface area contributed by atoms with Crippen LogP contribution in [0.1, 0.15) is 36.6 Å². The number of H-pyrrole nitrogens is 1. The highest BCUT2D eigenvalue weighted by Crippen LogP contribution is 2.40. The number of carboxylic acid groups (broad SMARTS) is 1. The van der Waals surface area contributed by atoms with Crippen molar-refractivity contribution in [3.8, 4) is 0 Å². The minimum atomic E-state index is -0.765. The molecule has 2 N–H and O–H groups in total. The Bertz CT molecular complexity index is 641. The number of rotatable bonds is 1. The summed E-state index contributed by atoms with van der Waals surface area (Å²) in [6.45, 7) is 3.89. The van der Waals surface area contributed by atoms with E-state index in [0.717, 1.165) is 24.1 Å². The molecule has 18 heavy (non-hydrogen) atoms. The van der Waals surface area contributed by atoms with Crippen LogP contribution in [0.2, 0.25) is 0 Å². The predicted molar refractivity (Wildman–Crippen MR) is 71.0 cm³/mol. The summed E-state index contributed by atoms with van der Waals surface area (Å²) in [5.41, 5.74) is 3.61. The minimum Gasteiger partial charge on any atom is -0.481 e. The molecule has 1 aliphatic carbocycles. The number of nitrogens with one attached hydrogen (secondary N) is 1. The van der Waals surface area contributed by atoms with Crippen LogP contribution < -0.4 is 0 Å². The Kier molecular flexibility index (Phi) is 2.27. The van der Waals surface area contributed by atoms with Crippen molar-refractivity contribution in [2.24, 2.45) is 0 Å². The topological polar surface area (TPSA) is 53.1 Å². The number of fused-ring (bicyclic) bond motifs is 3. The number of carboxylic acids is 1. The van der Waals surface area contributed by atoms with Crippen molar-refractivity contribution in [1.29, 1.82) is 0 Å². The van der Waals surface area contributed by atoms with Crippen LogP contribution >= 0.6 is 0 Å². The molecule has 1 aromatic heterocycles. The maximum absolute atomic E-state index is 11.6. The summed E-state index contributed by atoms with van der Waals surface area (Å²) in [6.07, 6.45) is 2.62. The summed E-state index contributed by atoms with van der Waals surface area (Å²) in [6, 6.07) is 6.19. The molecule has 0 radical (unpaired) electrons. The number of hydrogen-bond donors (Lipinski definition) is 2. The molecule has 1 aromatic carbocycles. The zero-order valence-corrected chi connectivity index (χ0v) is 10.7. The first-order valence-corrected chi connectivity index (χ1v) is 6.38. The van der Waals surface area contributed by atoms with E-state index < -0.39 is 11.4 Å². The molecule has 2 aromatic rings. The Morgan fingerprint density at radius 1 is 1.44 bits per heavy atom. The van der Waals surface area contributed by atoms with Gasteiger partial charge in [0.1, 0.15) is 5.41 Å². The van der Waals surface area contributed by atoms with E-state index >= 15 is 0 Å². The predicted octanol–water partition coefficient (Wildman–Crippen LogP) is 3.15. The molecule has 1 aliphatic rings. The third-order valence-corrected chi connectivity index (χ3v) is 4.28. The molecule has 0 saturated heterocycles. The zero-order chi connectivity index (χ0) is 12.9. The second kappa shape index (κ2) is 3.61. The lowest BCUT2D eigenvalue weighted by Crippen LogP contribution is -2.36. The number of hydrogen-bond acceptors (Lipinski definition) is 1. The lowest BCUT2D eigenvalue weighted by Gasteiger charge is -2.29. The second-order valence-corrected chi connectivity index (χ2v) is 5.47. The normalized spacial score (nSPS) is 23.0. The van der Waals surface area contributed by atoms with Gasteiger partial charge >= 0.3 is 5.97 Å². The molecule has 3 nitrogen and oxygen atoms in total. The number of aromatic nitrogens is 1. The van der Waals surface area contributed by atoms with Gasteiger partial charge in [-0.15, -0.1) is 0 Å². The summed E-state index contributed by atoms with van der Waals surface area (Å²) >= 11 is 0. The summed E-state index contributed by atoms with van der Waals surface area (Å²) < 4.78 is 0. The van der Waals surface area contributed by atoms with Gasteiger partial charge < -0.3 is 10.1 Å². The van der Waals surface area contributed by atoms with Crippen LogP contribution in [0, 0.1) is 6.92 Å². The number of carbonyl (C=O) groups is 1. The Hall–Kier alpha value is -1.77. The van der Waals surface area contributed by atoms with E-state index in [-0.39, 0.29) is 0 Å². The SMILES string of the molecule is Cc1cccc2c3c([nH]c12)C(C)(C(=O)O)CCC3. The molecule has 3 heteroatoms. The number of aryl methyl sites for hydroxylation is 2. The van der Waals surface area contributed by atoms with Gasteiger partial charge in [-0.05, 0) is 44.2 Å². The van der Waals surface area contributed by atoms with E-state index in [0.29, 0.717) is 6.42 Å². The lowest BCUT2D eigenvalue weighted by molar-refractivity contribution is -0.143. The molecule has 94 valence electrons. The molecule has 1 atom stereocenters. The molecule has 3 rings (SSSR count). The van der Waals surface area contributed by atoms with Gasteiger partial charge in [-0.1, -0.05) is 18.2 Å². The van der Waals surface area contributed by atoms with Crippen molar-refractivity contribution in [1.82, 2.24) is 4.98 Å². The van der Waals surface area contributed by atoms with Crippen LogP contribution in [-0.2, 0) is 16.6 Å². The number of aromatic amines is 1. The van der Waals surface area contributed by atoms with Crippen LogP contribution in [0.3, 0.4) is 0 Å². The summed E-state index contributed by atoms with van der Waals surface area (Å²) in [4.78, 5) is 15.0. The van der Waals surface area contributed by atoms with Crippen LogP contribution in [-0.4, -0.2) is 16.1 Å². The van der Waals surface area contributed by atoms with E-state index in [1.165, 1.54) is 16.5 Å². The highest BCUT2D eigenvalue weighted by Gasteiger charge is 2.41. The van der Waals surface area contributed by atoms with Gasteiger partial charge in [0.15, 0.2) is 0 Å². The molecule has 1 heterocycles. The van der Waals surface area contributed by atoms with Crippen LogP contribution in [0.25, 0.3) is 10.9 Å². The third-order valence-electron chi connectivity index (χ3n) is 4.28. The van der Waals surface area contributed by atoms with E-state index in [2.05, 4.69) is 24.0 Å². The lowest BCUT2D eigenvalue weighted by atomic mass is 9.75. The first-order valence-electron chi connectivity index (χ1n) is 6.38. The van der Waals surface area contributed by atoms with E-state index in [9.17, 15) is 9.90 Å². The van der Waals surface area contributed by atoms with Crippen LogP contribution in [0.4, 0.5) is 0 Å². The quantitative estimate of drug-likeness (QED) is 0.808.